The number of nitrogens with zero attached hydrogens (tertiary/aromatic N) is 4. The molecular weight excluding hydrogens is 270 g/mol. The molecule has 1 N–H and O–H groups in total. The summed E-state index contributed by atoms with van der Waals surface area (Å²) in [6, 6.07) is 3.84. The highest BCUT2D eigenvalue weighted by molar-refractivity contribution is 5.92. The van der Waals surface area contributed by atoms with E-state index >= 15 is 0 Å². The number of anilines is 1. The molecular formula is C14H19N5O2. The lowest BCUT2D eigenvalue weighted by Crippen LogP contribution is -2.48. The van der Waals surface area contributed by atoms with E-state index in [1.165, 1.54) is 0 Å². The van der Waals surface area contributed by atoms with Gasteiger partial charge in [-0.05, 0) is 25.0 Å². The molecule has 0 spiro atoms. The summed E-state index contributed by atoms with van der Waals surface area (Å²) >= 11 is 0. The third kappa shape index (κ3) is 3.29. The van der Waals surface area contributed by atoms with Gasteiger partial charge in [0, 0.05) is 39.1 Å². The standard InChI is InChI=1S/C14H19N5O2/c1-10(20)18-6-8-19(9-7-18)13-5-4-12(16-17-13)14(21)15-11-2-3-11/h4-5,11H,2-3,6-9H2,1H3,(H,15,21). The average molecular weight is 289 g/mol. The topological polar surface area (TPSA) is 78.4 Å². The van der Waals surface area contributed by atoms with Gasteiger partial charge in [0.25, 0.3) is 5.91 Å². The number of rotatable bonds is 3. The number of carbonyl (C=O) groups is 2. The van der Waals surface area contributed by atoms with Crippen LogP contribution in [0.15, 0.2) is 12.1 Å². The van der Waals surface area contributed by atoms with Crippen molar-refractivity contribution >= 4 is 17.6 Å². The maximum absolute atomic E-state index is 11.8. The Bertz CT molecular complexity index is 533. The molecule has 1 aliphatic carbocycles. The van der Waals surface area contributed by atoms with Crippen LogP contribution in [0.3, 0.4) is 0 Å². The first kappa shape index (κ1) is 13.8. The van der Waals surface area contributed by atoms with E-state index in [1.807, 2.05) is 11.0 Å². The van der Waals surface area contributed by atoms with Gasteiger partial charge in [-0.15, -0.1) is 10.2 Å². The minimum atomic E-state index is -0.155. The zero-order valence-electron chi connectivity index (χ0n) is 12.1. The number of carbonyl (C=O) groups excluding carboxylic acids is 2. The second kappa shape index (κ2) is 5.67. The third-order valence-electron chi connectivity index (χ3n) is 3.84. The largest absolute Gasteiger partial charge is 0.352 e. The smallest absolute Gasteiger partial charge is 0.272 e. The van der Waals surface area contributed by atoms with Gasteiger partial charge in [-0.2, -0.15) is 0 Å². The number of nitrogens with one attached hydrogen (secondary N) is 1. The van der Waals surface area contributed by atoms with Crippen molar-refractivity contribution in [3.63, 3.8) is 0 Å². The van der Waals surface area contributed by atoms with E-state index in [1.54, 1.807) is 13.0 Å². The second-order valence-corrected chi connectivity index (χ2v) is 5.52. The molecule has 7 nitrogen and oxygen atoms in total. The summed E-state index contributed by atoms with van der Waals surface area (Å²) in [5.41, 5.74) is 0.355. The first-order valence-electron chi connectivity index (χ1n) is 7.28. The van der Waals surface area contributed by atoms with Crippen LogP contribution in [0.25, 0.3) is 0 Å². The molecule has 0 bridgehead atoms. The van der Waals surface area contributed by atoms with E-state index in [-0.39, 0.29) is 11.8 Å². The average Bonchev–Trinajstić information content (AvgIpc) is 3.31. The molecule has 2 fully saturated rings. The van der Waals surface area contributed by atoms with Crippen LogP contribution >= 0.6 is 0 Å². The molecule has 0 radical (unpaired) electrons. The van der Waals surface area contributed by atoms with Crippen molar-refractivity contribution < 1.29 is 9.59 Å². The summed E-state index contributed by atoms with van der Waals surface area (Å²) in [4.78, 5) is 27.0. The Morgan fingerprint density at radius 2 is 1.86 bits per heavy atom. The van der Waals surface area contributed by atoms with Gasteiger partial charge in [0.1, 0.15) is 0 Å². The monoisotopic (exact) mass is 289 g/mol. The number of hydrogen-bond donors (Lipinski definition) is 1. The Hall–Kier alpha value is -2.18. The number of aromatic nitrogens is 2. The molecule has 2 aliphatic rings. The lowest BCUT2D eigenvalue weighted by molar-refractivity contribution is -0.129. The number of hydrogen-bond acceptors (Lipinski definition) is 5. The molecule has 21 heavy (non-hydrogen) atoms. The highest BCUT2D eigenvalue weighted by atomic mass is 16.2. The summed E-state index contributed by atoms with van der Waals surface area (Å²) in [6.07, 6.45) is 2.11. The summed E-state index contributed by atoms with van der Waals surface area (Å²) in [5.74, 6) is 0.701. The zero-order chi connectivity index (χ0) is 14.8. The SMILES string of the molecule is CC(=O)N1CCN(c2ccc(C(=O)NC3CC3)nn2)CC1. The zero-order valence-corrected chi connectivity index (χ0v) is 12.1. The van der Waals surface area contributed by atoms with Crippen LogP contribution in [0.2, 0.25) is 0 Å². The molecule has 2 heterocycles. The van der Waals surface area contributed by atoms with Crippen LogP contribution in [-0.4, -0.2) is 59.1 Å². The van der Waals surface area contributed by atoms with Crippen molar-refractivity contribution in [2.75, 3.05) is 31.1 Å². The van der Waals surface area contributed by atoms with E-state index in [9.17, 15) is 9.59 Å². The predicted molar refractivity (Wildman–Crippen MR) is 77.0 cm³/mol. The lowest BCUT2D eigenvalue weighted by Gasteiger charge is -2.34. The van der Waals surface area contributed by atoms with Crippen LogP contribution < -0.4 is 10.2 Å². The van der Waals surface area contributed by atoms with Gasteiger partial charge in [-0.1, -0.05) is 0 Å². The molecule has 1 aliphatic heterocycles. The van der Waals surface area contributed by atoms with Gasteiger partial charge in [-0.3, -0.25) is 9.59 Å². The van der Waals surface area contributed by atoms with Crippen molar-refractivity contribution in [1.29, 1.82) is 0 Å². The minimum absolute atomic E-state index is 0.104. The van der Waals surface area contributed by atoms with Crippen LogP contribution in [0.5, 0.6) is 0 Å². The van der Waals surface area contributed by atoms with Crippen LogP contribution in [0.4, 0.5) is 5.82 Å². The van der Waals surface area contributed by atoms with E-state index < -0.39 is 0 Å². The van der Waals surface area contributed by atoms with E-state index in [4.69, 9.17) is 0 Å². The van der Waals surface area contributed by atoms with Crippen LogP contribution in [-0.2, 0) is 4.79 Å². The minimum Gasteiger partial charge on any atom is -0.352 e. The van der Waals surface area contributed by atoms with Crippen LogP contribution in [0.1, 0.15) is 30.3 Å². The van der Waals surface area contributed by atoms with Crippen molar-refractivity contribution in [1.82, 2.24) is 20.4 Å². The fourth-order valence-corrected chi connectivity index (χ4v) is 2.35. The van der Waals surface area contributed by atoms with E-state index in [2.05, 4.69) is 20.4 Å². The molecule has 7 heteroatoms. The van der Waals surface area contributed by atoms with Gasteiger partial charge in [0.15, 0.2) is 11.5 Å². The lowest BCUT2D eigenvalue weighted by atomic mass is 10.3. The third-order valence-corrected chi connectivity index (χ3v) is 3.84. The molecule has 1 saturated carbocycles. The molecule has 0 aromatic carbocycles. The highest BCUT2D eigenvalue weighted by Gasteiger charge is 2.25. The van der Waals surface area contributed by atoms with Gasteiger partial charge < -0.3 is 15.1 Å². The number of piperazine rings is 1. The summed E-state index contributed by atoms with van der Waals surface area (Å²) in [5, 5.41) is 11.0. The molecule has 1 aromatic rings. The quantitative estimate of drug-likeness (QED) is 0.850. The summed E-state index contributed by atoms with van der Waals surface area (Å²) < 4.78 is 0. The Kier molecular flexibility index (Phi) is 3.72. The Morgan fingerprint density at radius 3 is 2.38 bits per heavy atom. The molecule has 0 atom stereocenters. The highest BCUT2D eigenvalue weighted by Crippen LogP contribution is 2.19. The first-order valence-corrected chi connectivity index (χ1v) is 7.28. The number of amides is 2. The molecule has 1 aromatic heterocycles. The maximum atomic E-state index is 11.8. The molecule has 3 rings (SSSR count). The molecule has 0 unspecified atom stereocenters. The predicted octanol–water partition coefficient (Wildman–Crippen LogP) is 0.0373. The Morgan fingerprint density at radius 1 is 1.14 bits per heavy atom. The second-order valence-electron chi connectivity index (χ2n) is 5.52. The fourth-order valence-electron chi connectivity index (χ4n) is 2.35. The molecule has 2 amide bonds. The fraction of sp³-hybridized carbons (Fsp3) is 0.571. The maximum Gasteiger partial charge on any atom is 0.272 e. The summed E-state index contributed by atoms with van der Waals surface area (Å²) in [6.45, 7) is 4.45. The Labute approximate surface area is 123 Å². The molecule has 112 valence electrons. The summed E-state index contributed by atoms with van der Waals surface area (Å²) in [7, 11) is 0. The van der Waals surface area contributed by atoms with E-state index in [0.29, 0.717) is 24.8 Å². The van der Waals surface area contributed by atoms with Gasteiger partial charge in [0.05, 0.1) is 0 Å². The van der Waals surface area contributed by atoms with Gasteiger partial charge >= 0.3 is 0 Å². The van der Waals surface area contributed by atoms with Gasteiger partial charge in [-0.25, -0.2) is 0 Å². The van der Waals surface area contributed by atoms with Crippen molar-refractivity contribution in [2.45, 2.75) is 25.8 Å². The van der Waals surface area contributed by atoms with Gasteiger partial charge in [0.2, 0.25) is 5.91 Å². The van der Waals surface area contributed by atoms with Crippen molar-refractivity contribution in [3.05, 3.63) is 17.8 Å². The Balaban J connectivity index is 1.59. The first-order chi connectivity index (χ1) is 10.1. The van der Waals surface area contributed by atoms with Crippen LogP contribution in [0, 0.1) is 0 Å². The van der Waals surface area contributed by atoms with Crippen molar-refractivity contribution in [3.8, 4) is 0 Å². The normalized spacial score (nSPS) is 18.5. The van der Waals surface area contributed by atoms with Crippen molar-refractivity contribution in [2.24, 2.45) is 0 Å². The molecule has 1 saturated heterocycles. The van der Waals surface area contributed by atoms with E-state index in [0.717, 1.165) is 31.7 Å².